The Morgan fingerprint density at radius 2 is 1.93 bits per heavy atom. The smallest absolute Gasteiger partial charge is 0.244 e. The lowest BCUT2D eigenvalue weighted by atomic mass is 10.3. The van der Waals surface area contributed by atoms with E-state index in [1.54, 1.807) is 12.1 Å². The molecule has 0 aliphatic carbocycles. The molecule has 1 heterocycles. The van der Waals surface area contributed by atoms with Gasteiger partial charge in [-0.1, -0.05) is 12.1 Å². The van der Waals surface area contributed by atoms with E-state index >= 15 is 0 Å². The molecule has 0 atom stereocenters. The van der Waals surface area contributed by atoms with Gasteiger partial charge in [0.15, 0.2) is 0 Å². The van der Waals surface area contributed by atoms with E-state index in [1.165, 1.54) is 12.1 Å². The molecule has 78 valence electrons. The molecule has 7 heteroatoms. The first-order valence-electron chi connectivity index (χ1n) is 3.95. The summed E-state index contributed by atoms with van der Waals surface area (Å²) in [5.41, 5.74) is 0.149. The highest BCUT2D eigenvalue weighted by Gasteiger charge is 2.05. The predicted octanol–water partition coefficient (Wildman–Crippen LogP) is 0.0317. The third-order valence-corrected chi connectivity index (χ3v) is 2.55. The van der Waals surface area contributed by atoms with E-state index in [1.807, 2.05) is 0 Å². The Kier molecular flexibility index (Phi) is 2.09. The second-order valence-corrected chi connectivity index (χ2v) is 3.70. The van der Waals surface area contributed by atoms with Crippen LogP contribution in [0.4, 0.5) is 0 Å². The van der Waals surface area contributed by atoms with Gasteiger partial charge >= 0.3 is 0 Å². The summed E-state index contributed by atoms with van der Waals surface area (Å²) in [5, 5.41) is 22.8. The summed E-state index contributed by atoms with van der Waals surface area (Å²) >= 11 is 0. The van der Waals surface area contributed by atoms with Gasteiger partial charge in [-0.25, -0.2) is 0 Å². The summed E-state index contributed by atoms with van der Waals surface area (Å²) in [4.78, 5) is 0. The van der Waals surface area contributed by atoms with Crippen LogP contribution in [0.2, 0.25) is 0 Å². The van der Waals surface area contributed by atoms with Gasteiger partial charge in [-0.15, -0.1) is 0 Å². The molecule has 1 aromatic carbocycles. The Labute approximate surface area is 85.3 Å². The lowest BCUT2D eigenvalue weighted by molar-refractivity contribution is -0.578. The minimum absolute atomic E-state index is 0.0224. The summed E-state index contributed by atoms with van der Waals surface area (Å²) in [7, 11) is -2.73. The van der Waals surface area contributed by atoms with E-state index in [4.69, 9.17) is 0 Å². The predicted molar refractivity (Wildman–Crippen MR) is 51.8 cm³/mol. The van der Waals surface area contributed by atoms with Crippen LogP contribution in [0.25, 0.3) is 11.0 Å². The molecule has 0 N–H and O–H groups in total. The van der Waals surface area contributed by atoms with Gasteiger partial charge in [-0.3, -0.25) is 0 Å². The van der Waals surface area contributed by atoms with E-state index in [9.17, 15) is 18.8 Å². The summed E-state index contributed by atoms with van der Waals surface area (Å²) < 4.78 is 21.3. The summed E-state index contributed by atoms with van der Waals surface area (Å²) in [5.74, 6) is 0. The number of rotatable bonds is 0. The van der Waals surface area contributed by atoms with Crippen molar-refractivity contribution >= 4 is 21.3 Å². The number of hydrogen-bond acceptors (Lipinski definition) is 4. The van der Waals surface area contributed by atoms with Gasteiger partial charge in [0.05, 0.1) is 0 Å². The molecule has 6 nitrogen and oxygen atoms in total. The van der Waals surface area contributed by atoms with E-state index in [2.05, 4.69) is 0 Å². The molecular formula is C8H5N2O4S-. The molecule has 2 rings (SSSR count). The third kappa shape index (κ3) is 1.42. The minimum atomic E-state index is -2.73. The van der Waals surface area contributed by atoms with E-state index in [0.29, 0.717) is 4.73 Å². The normalized spacial score (nSPS) is 10.4. The van der Waals surface area contributed by atoms with Crippen LogP contribution in [-0.2, 0) is 10.3 Å². The monoisotopic (exact) mass is 225 g/mol. The number of nitrogens with zero attached hydrogens (tertiary/aromatic N) is 2. The molecule has 0 aliphatic heterocycles. The van der Waals surface area contributed by atoms with Crippen molar-refractivity contribution in [2.45, 2.75) is 0 Å². The zero-order valence-electron chi connectivity index (χ0n) is 7.32. The Morgan fingerprint density at radius 1 is 1.27 bits per heavy atom. The molecule has 15 heavy (non-hydrogen) atoms. The van der Waals surface area contributed by atoms with Gasteiger partial charge in [0, 0.05) is 6.07 Å². The van der Waals surface area contributed by atoms with Crippen LogP contribution in [0.15, 0.2) is 30.5 Å². The van der Waals surface area contributed by atoms with Crippen molar-refractivity contribution in [3.63, 3.8) is 0 Å². The topological polar surface area (TPSA) is 89.1 Å². The molecule has 2 aromatic rings. The molecule has 0 saturated carbocycles. The molecule has 1 aromatic heterocycles. The zero-order valence-corrected chi connectivity index (χ0v) is 8.14. The first kappa shape index (κ1) is 9.53. The maximum Gasteiger partial charge on any atom is 0.244 e. The van der Waals surface area contributed by atoms with Crippen LogP contribution in [0.1, 0.15) is 0 Å². The van der Waals surface area contributed by atoms with Crippen molar-refractivity contribution in [2.75, 3.05) is 0 Å². The maximum atomic E-state index is 11.5. The highest BCUT2D eigenvalue weighted by atomic mass is 32.2. The van der Waals surface area contributed by atoms with E-state index in [-0.39, 0.29) is 15.8 Å². The summed E-state index contributed by atoms with van der Waals surface area (Å²) in [6.45, 7) is 0. The average molecular weight is 225 g/mol. The highest BCUT2D eigenvalue weighted by Crippen LogP contribution is 2.08. The standard InChI is InChI=1S/C8H5N2O4S/c11-9-5-8(15(13)14)10(12)7-4-2-1-3-6(7)9/h1-5H/q-1. The Bertz CT molecular complexity index is 694. The third-order valence-electron chi connectivity index (χ3n) is 1.94. The minimum Gasteiger partial charge on any atom is -0.804 e. The van der Waals surface area contributed by atoms with Crippen molar-refractivity contribution in [3.05, 3.63) is 45.5 Å². The SMILES string of the molecule is O=S(=O)=c1c[n+]([O-])c2ccccc2n1[O-]. The number of benzene rings is 1. The van der Waals surface area contributed by atoms with Gasteiger partial charge in [-0.05, 0) is 6.07 Å². The van der Waals surface area contributed by atoms with Crippen LogP contribution in [0, 0.1) is 15.1 Å². The fraction of sp³-hybridized carbons (Fsp3) is 0. The van der Waals surface area contributed by atoms with Gasteiger partial charge in [0.1, 0.15) is 5.52 Å². The molecule has 0 aliphatic rings. The highest BCUT2D eigenvalue weighted by molar-refractivity contribution is 7.63. The number of para-hydroxylation sites is 2. The zero-order chi connectivity index (χ0) is 11.0. The molecule has 0 amide bonds. The molecule has 0 fully saturated rings. The van der Waals surface area contributed by atoms with E-state index in [0.717, 1.165) is 6.20 Å². The maximum absolute atomic E-state index is 11.5. The molecule has 0 radical (unpaired) electrons. The average Bonchev–Trinajstić information content (AvgIpc) is 2.23. The van der Waals surface area contributed by atoms with Crippen molar-refractivity contribution in [1.82, 2.24) is 4.73 Å². The largest absolute Gasteiger partial charge is 0.804 e. The van der Waals surface area contributed by atoms with Crippen molar-refractivity contribution in [3.8, 4) is 0 Å². The molecule has 0 saturated heterocycles. The lowest BCUT2D eigenvalue weighted by Crippen LogP contribution is -2.28. The number of fused-ring (bicyclic) bond motifs is 1. The second kappa shape index (κ2) is 3.28. The quantitative estimate of drug-likeness (QED) is 0.359. The van der Waals surface area contributed by atoms with Crippen LogP contribution in [0.3, 0.4) is 0 Å². The van der Waals surface area contributed by atoms with Gasteiger partial charge < -0.3 is 15.1 Å². The fourth-order valence-corrected chi connectivity index (χ4v) is 1.69. The first-order valence-corrected chi connectivity index (χ1v) is 5.02. The Morgan fingerprint density at radius 3 is 2.60 bits per heavy atom. The molecular weight excluding hydrogens is 220 g/mol. The molecule has 0 spiro atoms. The van der Waals surface area contributed by atoms with Crippen LogP contribution in [-0.4, -0.2) is 13.1 Å². The number of hydrogen-bond donors (Lipinski definition) is 0. The number of aromatic nitrogens is 2. The van der Waals surface area contributed by atoms with Crippen molar-refractivity contribution in [2.24, 2.45) is 0 Å². The van der Waals surface area contributed by atoms with E-state index < -0.39 is 14.9 Å². The second-order valence-electron chi connectivity index (χ2n) is 2.81. The van der Waals surface area contributed by atoms with Crippen LogP contribution >= 0.6 is 0 Å². The molecule has 0 unspecified atom stereocenters. The van der Waals surface area contributed by atoms with Gasteiger partial charge in [-0.2, -0.15) is 13.1 Å². The Balaban J connectivity index is 3.19. The summed E-state index contributed by atoms with van der Waals surface area (Å²) in [6, 6.07) is 5.96. The van der Waals surface area contributed by atoms with Crippen molar-refractivity contribution in [1.29, 1.82) is 0 Å². The fourth-order valence-electron chi connectivity index (χ4n) is 1.27. The van der Waals surface area contributed by atoms with Gasteiger partial charge in [0.25, 0.3) is 0 Å². The van der Waals surface area contributed by atoms with Crippen LogP contribution in [0.5, 0.6) is 0 Å². The van der Waals surface area contributed by atoms with Gasteiger partial charge in [0.2, 0.25) is 26.6 Å². The van der Waals surface area contributed by atoms with Crippen molar-refractivity contribution < 1.29 is 13.1 Å². The summed E-state index contributed by atoms with van der Waals surface area (Å²) in [6.07, 6.45) is 0.735. The lowest BCUT2D eigenvalue weighted by Gasteiger charge is -2.12. The van der Waals surface area contributed by atoms with Crippen LogP contribution < -0.4 is 4.73 Å². The Hall–Kier alpha value is -2.02. The molecule has 0 bridgehead atoms. The first-order chi connectivity index (χ1) is 7.11.